The predicted molar refractivity (Wildman–Crippen MR) is 88.7 cm³/mol. The number of carbonyl (C=O) groups excluding carboxylic acids is 2. The maximum absolute atomic E-state index is 12.5. The van der Waals surface area contributed by atoms with Gasteiger partial charge >= 0.3 is 0 Å². The van der Waals surface area contributed by atoms with Crippen molar-refractivity contribution in [3.05, 3.63) is 42.5 Å². The molecule has 2 amide bonds. The van der Waals surface area contributed by atoms with Gasteiger partial charge in [0.1, 0.15) is 6.33 Å². The smallest absolute Gasteiger partial charge is 0.293 e. The largest absolute Gasteiger partial charge is 0.359 e. The minimum Gasteiger partial charge on any atom is -0.359 e. The Balaban J connectivity index is 1.60. The lowest BCUT2D eigenvalue weighted by Gasteiger charge is -2.30. The Bertz CT molecular complexity index is 705. The number of aromatic nitrogens is 3. The van der Waals surface area contributed by atoms with Gasteiger partial charge in [-0.3, -0.25) is 9.59 Å². The lowest BCUT2D eigenvalue weighted by atomic mass is 9.93. The number of nitrogens with one attached hydrogen (secondary N) is 1. The highest BCUT2D eigenvalue weighted by atomic mass is 16.2. The van der Waals surface area contributed by atoms with Gasteiger partial charge < -0.3 is 10.2 Å². The summed E-state index contributed by atoms with van der Waals surface area (Å²) in [6.07, 6.45) is 3.75. The van der Waals surface area contributed by atoms with Crippen LogP contribution in [-0.4, -0.2) is 51.6 Å². The third-order valence-electron chi connectivity index (χ3n) is 4.36. The summed E-state index contributed by atoms with van der Waals surface area (Å²) in [6.45, 7) is 1.28. The Labute approximate surface area is 140 Å². The van der Waals surface area contributed by atoms with Gasteiger partial charge in [-0.15, -0.1) is 5.10 Å². The van der Waals surface area contributed by atoms with E-state index in [1.54, 1.807) is 23.0 Å². The number of rotatable bonds is 4. The molecule has 1 aromatic carbocycles. The average Bonchev–Trinajstić information content (AvgIpc) is 3.12. The molecular formula is C17H21N5O2. The summed E-state index contributed by atoms with van der Waals surface area (Å²) >= 11 is 0. The van der Waals surface area contributed by atoms with E-state index in [1.165, 1.54) is 0 Å². The van der Waals surface area contributed by atoms with Crippen LogP contribution in [0.2, 0.25) is 0 Å². The van der Waals surface area contributed by atoms with Gasteiger partial charge in [-0.25, -0.2) is 9.67 Å². The molecule has 7 nitrogen and oxygen atoms in total. The Kier molecular flexibility index (Phi) is 4.88. The molecule has 1 aromatic heterocycles. The summed E-state index contributed by atoms with van der Waals surface area (Å²) in [6, 6.07) is 9.57. The Morgan fingerprint density at radius 2 is 1.92 bits per heavy atom. The molecule has 0 saturated carbocycles. The fourth-order valence-corrected chi connectivity index (χ4v) is 2.91. The first-order valence-electron chi connectivity index (χ1n) is 8.14. The second kappa shape index (κ2) is 7.25. The molecule has 1 fully saturated rings. The van der Waals surface area contributed by atoms with E-state index in [1.807, 2.05) is 30.3 Å². The molecule has 1 N–H and O–H groups in total. The molecule has 0 aliphatic carbocycles. The first-order valence-corrected chi connectivity index (χ1v) is 8.14. The zero-order chi connectivity index (χ0) is 16.9. The standard InChI is InChI=1S/C17H21N5O2/c1-18-15(23)11-13-7-9-21(10-8-13)17(24)16-19-12-22(20-16)14-5-3-2-4-6-14/h2-6,12-13H,7-11H2,1H3,(H,18,23). The molecule has 1 saturated heterocycles. The lowest BCUT2D eigenvalue weighted by Crippen LogP contribution is -2.40. The van der Waals surface area contributed by atoms with Crippen LogP contribution in [0.15, 0.2) is 36.7 Å². The molecule has 2 aromatic rings. The first kappa shape index (κ1) is 16.2. The molecule has 7 heteroatoms. The molecule has 24 heavy (non-hydrogen) atoms. The fraction of sp³-hybridized carbons (Fsp3) is 0.412. The number of nitrogens with zero attached hydrogens (tertiary/aromatic N) is 4. The molecule has 1 aliphatic heterocycles. The lowest BCUT2D eigenvalue weighted by molar-refractivity contribution is -0.121. The topological polar surface area (TPSA) is 80.1 Å². The number of amides is 2. The van der Waals surface area contributed by atoms with Crippen LogP contribution in [0, 0.1) is 5.92 Å². The molecule has 1 aliphatic rings. The van der Waals surface area contributed by atoms with Gasteiger partial charge in [0.2, 0.25) is 11.7 Å². The van der Waals surface area contributed by atoms with Crippen molar-refractivity contribution in [2.24, 2.45) is 5.92 Å². The van der Waals surface area contributed by atoms with Crippen molar-refractivity contribution in [1.29, 1.82) is 0 Å². The highest BCUT2D eigenvalue weighted by Gasteiger charge is 2.26. The van der Waals surface area contributed by atoms with Crippen LogP contribution in [0.1, 0.15) is 29.9 Å². The first-order chi connectivity index (χ1) is 11.7. The molecule has 0 radical (unpaired) electrons. The van der Waals surface area contributed by atoms with E-state index in [0.29, 0.717) is 25.4 Å². The molecule has 2 heterocycles. The number of piperidine rings is 1. The third-order valence-corrected chi connectivity index (χ3v) is 4.36. The van der Waals surface area contributed by atoms with Crippen molar-refractivity contribution in [3.8, 4) is 5.69 Å². The number of hydrogen-bond donors (Lipinski definition) is 1. The van der Waals surface area contributed by atoms with Crippen molar-refractivity contribution in [1.82, 2.24) is 25.0 Å². The van der Waals surface area contributed by atoms with Crippen LogP contribution in [-0.2, 0) is 4.79 Å². The van der Waals surface area contributed by atoms with Gasteiger partial charge in [0.25, 0.3) is 5.91 Å². The SMILES string of the molecule is CNC(=O)CC1CCN(C(=O)c2ncn(-c3ccccc3)n2)CC1. The van der Waals surface area contributed by atoms with Gasteiger partial charge in [-0.2, -0.15) is 0 Å². The summed E-state index contributed by atoms with van der Waals surface area (Å²) in [7, 11) is 1.65. The second-order valence-electron chi connectivity index (χ2n) is 5.96. The van der Waals surface area contributed by atoms with Crippen molar-refractivity contribution in [3.63, 3.8) is 0 Å². The Morgan fingerprint density at radius 1 is 1.21 bits per heavy atom. The van der Waals surface area contributed by atoms with Crippen LogP contribution in [0.3, 0.4) is 0 Å². The molecule has 126 valence electrons. The summed E-state index contributed by atoms with van der Waals surface area (Å²) in [5.41, 5.74) is 0.869. The van der Waals surface area contributed by atoms with E-state index in [-0.39, 0.29) is 17.6 Å². The van der Waals surface area contributed by atoms with Crippen molar-refractivity contribution >= 4 is 11.8 Å². The monoisotopic (exact) mass is 327 g/mol. The normalized spacial score (nSPS) is 15.3. The number of para-hydroxylation sites is 1. The Morgan fingerprint density at radius 3 is 2.58 bits per heavy atom. The number of likely N-dealkylation sites (tertiary alicyclic amines) is 1. The molecule has 0 unspecified atom stereocenters. The van der Waals surface area contributed by atoms with Gasteiger partial charge in [-0.05, 0) is 30.9 Å². The molecular weight excluding hydrogens is 306 g/mol. The highest BCUT2D eigenvalue weighted by Crippen LogP contribution is 2.21. The minimum absolute atomic E-state index is 0.0584. The van der Waals surface area contributed by atoms with Crippen LogP contribution in [0.25, 0.3) is 5.69 Å². The molecule has 0 bridgehead atoms. The van der Waals surface area contributed by atoms with Crippen LogP contribution >= 0.6 is 0 Å². The van der Waals surface area contributed by atoms with E-state index in [0.717, 1.165) is 18.5 Å². The number of benzene rings is 1. The average molecular weight is 327 g/mol. The molecule has 0 spiro atoms. The van der Waals surface area contributed by atoms with Crippen LogP contribution in [0.5, 0.6) is 0 Å². The maximum Gasteiger partial charge on any atom is 0.293 e. The second-order valence-corrected chi connectivity index (χ2v) is 5.96. The summed E-state index contributed by atoms with van der Waals surface area (Å²) in [4.78, 5) is 29.9. The zero-order valence-corrected chi connectivity index (χ0v) is 13.7. The van der Waals surface area contributed by atoms with E-state index in [4.69, 9.17) is 0 Å². The number of carbonyl (C=O) groups is 2. The highest BCUT2D eigenvalue weighted by molar-refractivity contribution is 5.90. The van der Waals surface area contributed by atoms with Crippen molar-refractivity contribution in [2.45, 2.75) is 19.3 Å². The number of hydrogen-bond acceptors (Lipinski definition) is 4. The van der Waals surface area contributed by atoms with Gasteiger partial charge in [0.15, 0.2) is 0 Å². The quantitative estimate of drug-likeness (QED) is 0.917. The molecule has 3 rings (SSSR count). The summed E-state index contributed by atoms with van der Waals surface area (Å²) < 4.78 is 1.60. The third kappa shape index (κ3) is 3.61. The van der Waals surface area contributed by atoms with E-state index >= 15 is 0 Å². The van der Waals surface area contributed by atoms with Crippen molar-refractivity contribution < 1.29 is 9.59 Å². The van der Waals surface area contributed by atoms with E-state index in [2.05, 4.69) is 15.4 Å². The maximum atomic E-state index is 12.5. The van der Waals surface area contributed by atoms with Crippen LogP contribution < -0.4 is 5.32 Å². The summed E-state index contributed by atoms with van der Waals surface area (Å²) in [5, 5.41) is 6.93. The Hall–Kier alpha value is -2.70. The van der Waals surface area contributed by atoms with Gasteiger partial charge in [0.05, 0.1) is 5.69 Å². The van der Waals surface area contributed by atoms with Gasteiger partial charge in [0, 0.05) is 26.6 Å². The minimum atomic E-state index is -0.150. The fourth-order valence-electron chi connectivity index (χ4n) is 2.91. The van der Waals surface area contributed by atoms with E-state index < -0.39 is 0 Å². The van der Waals surface area contributed by atoms with E-state index in [9.17, 15) is 9.59 Å². The molecule has 0 atom stereocenters. The van der Waals surface area contributed by atoms with Crippen molar-refractivity contribution in [2.75, 3.05) is 20.1 Å². The summed E-state index contributed by atoms with van der Waals surface area (Å²) in [5.74, 6) is 0.457. The zero-order valence-electron chi connectivity index (χ0n) is 13.7. The van der Waals surface area contributed by atoms with Gasteiger partial charge in [-0.1, -0.05) is 18.2 Å². The van der Waals surface area contributed by atoms with Crippen LogP contribution in [0.4, 0.5) is 0 Å². The predicted octanol–water partition coefficient (Wildman–Crippen LogP) is 1.26.